The van der Waals surface area contributed by atoms with E-state index >= 15 is 0 Å². The molecule has 1 N–H and O–H groups in total. The summed E-state index contributed by atoms with van der Waals surface area (Å²) in [6.07, 6.45) is 1.66. The standard InChI is InChI=1S/C17H20N4O/c1-11-9-21(10-12(2)20-11)17-13(7-18)8-19-16-6-14(22-3)4-5-15(16)17/h4-6,8,11-12,20H,9-10H2,1-3H3/t11-,12-/m1/s1. The molecule has 0 bridgehead atoms. The van der Waals surface area contributed by atoms with E-state index in [0.29, 0.717) is 17.6 Å². The van der Waals surface area contributed by atoms with Gasteiger partial charge in [0, 0.05) is 42.8 Å². The number of hydrogen-bond acceptors (Lipinski definition) is 5. The van der Waals surface area contributed by atoms with Crippen LogP contribution in [0.15, 0.2) is 24.4 Å². The Balaban J connectivity index is 2.15. The van der Waals surface area contributed by atoms with Gasteiger partial charge in [0.2, 0.25) is 0 Å². The molecule has 5 nitrogen and oxygen atoms in total. The summed E-state index contributed by atoms with van der Waals surface area (Å²) in [5, 5.41) is 14.0. The number of hydrogen-bond donors (Lipinski definition) is 1. The van der Waals surface area contributed by atoms with Gasteiger partial charge in [-0.3, -0.25) is 4.98 Å². The summed E-state index contributed by atoms with van der Waals surface area (Å²) in [5.74, 6) is 0.776. The maximum absolute atomic E-state index is 9.48. The number of ether oxygens (including phenoxy) is 1. The molecule has 0 unspecified atom stereocenters. The minimum absolute atomic E-state index is 0.386. The van der Waals surface area contributed by atoms with Crippen molar-refractivity contribution in [3.05, 3.63) is 30.0 Å². The molecule has 1 aliphatic rings. The molecule has 1 aliphatic heterocycles. The fraction of sp³-hybridized carbons (Fsp3) is 0.412. The maximum Gasteiger partial charge on any atom is 0.121 e. The lowest BCUT2D eigenvalue weighted by Crippen LogP contribution is -2.54. The summed E-state index contributed by atoms with van der Waals surface area (Å²) in [6, 6.07) is 8.89. The number of nitrogens with zero attached hydrogens (tertiary/aromatic N) is 3. The van der Waals surface area contributed by atoms with Crippen molar-refractivity contribution >= 4 is 16.6 Å². The van der Waals surface area contributed by atoms with E-state index in [1.54, 1.807) is 13.3 Å². The van der Waals surface area contributed by atoms with E-state index in [1.807, 2.05) is 18.2 Å². The van der Waals surface area contributed by atoms with Crippen molar-refractivity contribution in [3.8, 4) is 11.8 Å². The number of rotatable bonds is 2. The van der Waals surface area contributed by atoms with Crippen molar-refractivity contribution in [2.24, 2.45) is 0 Å². The lowest BCUT2D eigenvalue weighted by Gasteiger charge is -2.38. The van der Waals surface area contributed by atoms with Gasteiger partial charge in [-0.1, -0.05) is 0 Å². The molecule has 5 heteroatoms. The minimum Gasteiger partial charge on any atom is -0.497 e. The van der Waals surface area contributed by atoms with Crippen LogP contribution in [-0.4, -0.2) is 37.3 Å². The van der Waals surface area contributed by atoms with Gasteiger partial charge in [-0.05, 0) is 26.0 Å². The van der Waals surface area contributed by atoms with Crippen molar-refractivity contribution in [3.63, 3.8) is 0 Å². The number of piperazine rings is 1. The van der Waals surface area contributed by atoms with Gasteiger partial charge in [-0.2, -0.15) is 5.26 Å². The normalized spacial score (nSPS) is 21.6. The van der Waals surface area contributed by atoms with E-state index in [1.165, 1.54) is 0 Å². The third-order valence-electron chi connectivity index (χ3n) is 4.04. The Hall–Kier alpha value is -2.32. The quantitative estimate of drug-likeness (QED) is 0.921. The zero-order valence-electron chi connectivity index (χ0n) is 13.1. The predicted octanol–water partition coefficient (Wildman–Crippen LogP) is 2.30. The smallest absolute Gasteiger partial charge is 0.121 e. The van der Waals surface area contributed by atoms with Crippen molar-refractivity contribution in [1.82, 2.24) is 10.3 Å². The van der Waals surface area contributed by atoms with Crippen molar-refractivity contribution in [1.29, 1.82) is 5.26 Å². The second-order valence-corrected chi connectivity index (χ2v) is 5.89. The molecule has 0 amide bonds. The number of aromatic nitrogens is 1. The van der Waals surface area contributed by atoms with Crippen molar-refractivity contribution < 1.29 is 4.74 Å². The van der Waals surface area contributed by atoms with Crippen LogP contribution in [0.2, 0.25) is 0 Å². The van der Waals surface area contributed by atoms with Crippen LogP contribution < -0.4 is 15.0 Å². The first-order valence-corrected chi connectivity index (χ1v) is 7.50. The van der Waals surface area contributed by atoms with E-state index in [-0.39, 0.29) is 0 Å². The van der Waals surface area contributed by atoms with Gasteiger partial charge in [0.05, 0.1) is 23.9 Å². The van der Waals surface area contributed by atoms with E-state index in [2.05, 4.69) is 35.1 Å². The van der Waals surface area contributed by atoms with E-state index in [0.717, 1.165) is 35.4 Å². The fourth-order valence-corrected chi connectivity index (χ4v) is 3.22. The summed E-state index contributed by atoms with van der Waals surface area (Å²) in [6.45, 7) is 6.09. The fourth-order valence-electron chi connectivity index (χ4n) is 3.22. The van der Waals surface area contributed by atoms with E-state index < -0.39 is 0 Å². The summed E-state index contributed by atoms with van der Waals surface area (Å²) >= 11 is 0. The second-order valence-electron chi connectivity index (χ2n) is 5.89. The van der Waals surface area contributed by atoms with Crippen molar-refractivity contribution in [2.75, 3.05) is 25.1 Å². The van der Waals surface area contributed by atoms with Crippen LogP contribution in [-0.2, 0) is 0 Å². The molecule has 1 aromatic carbocycles. The number of benzene rings is 1. The van der Waals surface area contributed by atoms with Gasteiger partial charge in [-0.15, -0.1) is 0 Å². The molecule has 3 rings (SSSR count). The Morgan fingerprint density at radius 3 is 2.68 bits per heavy atom. The average Bonchev–Trinajstić information content (AvgIpc) is 2.52. The van der Waals surface area contributed by atoms with Crippen LogP contribution in [0.1, 0.15) is 19.4 Å². The molecule has 1 fully saturated rings. The second kappa shape index (κ2) is 5.82. The highest BCUT2D eigenvalue weighted by molar-refractivity contribution is 5.95. The Morgan fingerprint density at radius 1 is 1.32 bits per heavy atom. The van der Waals surface area contributed by atoms with Crippen LogP contribution in [0.25, 0.3) is 10.9 Å². The molecule has 0 aliphatic carbocycles. The molecule has 1 aromatic heterocycles. The van der Waals surface area contributed by atoms with E-state index in [4.69, 9.17) is 4.74 Å². The summed E-state index contributed by atoms with van der Waals surface area (Å²) in [4.78, 5) is 6.70. The first-order valence-electron chi connectivity index (χ1n) is 7.50. The number of nitriles is 1. The van der Waals surface area contributed by atoms with Crippen LogP contribution in [0, 0.1) is 11.3 Å². The number of pyridine rings is 1. The Morgan fingerprint density at radius 2 is 2.05 bits per heavy atom. The maximum atomic E-state index is 9.48. The molecule has 2 atom stereocenters. The number of methoxy groups -OCH3 is 1. The summed E-state index contributed by atoms with van der Waals surface area (Å²) in [7, 11) is 1.64. The third kappa shape index (κ3) is 2.58. The van der Waals surface area contributed by atoms with Gasteiger partial charge in [0.1, 0.15) is 11.8 Å². The summed E-state index contributed by atoms with van der Waals surface area (Å²) < 4.78 is 5.27. The monoisotopic (exact) mass is 296 g/mol. The first-order chi connectivity index (χ1) is 10.6. The van der Waals surface area contributed by atoms with Crippen molar-refractivity contribution in [2.45, 2.75) is 25.9 Å². The predicted molar refractivity (Wildman–Crippen MR) is 87.3 cm³/mol. The largest absolute Gasteiger partial charge is 0.497 e. The Labute approximate surface area is 130 Å². The van der Waals surface area contributed by atoms with Gasteiger partial charge < -0.3 is 15.0 Å². The Bertz CT molecular complexity index is 727. The zero-order valence-corrected chi connectivity index (χ0v) is 13.1. The topological polar surface area (TPSA) is 61.2 Å². The minimum atomic E-state index is 0.386. The van der Waals surface area contributed by atoms with Crippen LogP contribution >= 0.6 is 0 Å². The number of fused-ring (bicyclic) bond motifs is 1. The average molecular weight is 296 g/mol. The highest BCUT2D eigenvalue weighted by Crippen LogP contribution is 2.32. The number of anilines is 1. The lowest BCUT2D eigenvalue weighted by atomic mass is 10.0. The van der Waals surface area contributed by atoms with Crippen LogP contribution in [0.4, 0.5) is 5.69 Å². The molecule has 2 heterocycles. The molecule has 114 valence electrons. The van der Waals surface area contributed by atoms with Gasteiger partial charge in [0.15, 0.2) is 0 Å². The highest BCUT2D eigenvalue weighted by Gasteiger charge is 2.24. The molecule has 0 spiro atoms. The zero-order chi connectivity index (χ0) is 15.7. The highest BCUT2D eigenvalue weighted by atomic mass is 16.5. The van der Waals surface area contributed by atoms with Gasteiger partial charge in [0.25, 0.3) is 0 Å². The van der Waals surface area contributed by atoms with Gasteiger partial charge in [-0.25, -0.2) is 0 Å². The lowest BCUT2D eigenvalue weighted by molar-refractivity contribution is 0.407. The van der Waals surface area contributed by atoms with Gasteiger partial charge >= 0.3 is 0 Å². The SMILES string of the molecule is COc1ccc2c(N3C[C@@H](C)N[C@H](C)C3)c(C#N)cnc2c1. The van der Waals surface area contributed by atoms with Crippen LogP contribution in [0.5, 0.6) is 5.75 Å². The molecular weight excluding hydrogens is 276 g/mol. The van der Waals surface area contributed by atoms with Crippen LogP contribution in [0.3, 0.4) is 0 Å². The van der Waals surface area contributed by atoms with E-state index in [9.17, 15) is 5.26 Å². The Kier molecular flexibility index (Phi) is 3.86. The molecule has 0 saturated carbocycles. The summed E-state index contributed by atoms with van der Waals surface area (Å²) in [5.41, 5.74) is 2.46. The molecule has 2 aromatic rings. The molecule has 0 radical (unpaired) electrons. The molecule has 22 heavy (non-hydrogen) atoms. The molecule has 1 saturated heterocycles. The first kappa shape index (κ1) is 14.6. The number of nitrogens with one attached hydrogen (secondary N) is 1. The molecular formula is C17H20N4O. The third-order valence-corrected chi connectivity index (χ3v) is 4.04.